The van der Waals surface area contributed by atoms with Crippen molar-refractivity contribution in [3.8, 4) is 5.75 Å². The number of ether oxygens (including phenoxy) is 1. The van der Waals surface area contributed by atoms with Crippen molar-refractivity contribution in [3.63, 3.8) is 0 Å². The van der Waals surface area contributed by atoms with Crippen LogP contribution in [0.1, 0.15) is 6.92 Å². The van der Waals surface area contributed by atoms with E-state index < -0.39 is 10.7 Å². The number of nitro groups is 1. The smallest absolute Gasteiger partial charge is 0.313 e. The average molecular weight is 295 g/mol. The van der Waals surface area contributed by atoms with E-state index in [-0.39, 0.29) is 17.5 Å². The van der Waals surface area contributed by atoms with E-state index in [0.29, 0.717) is 17.5 Å². The molecule has 2 saturated heterocycles. The fourth-order valence-corrected chi connectivity index (χ4v) is 3.54. The summed E-state index contributed by atoms with van der Waals surface area (Å²) in [5.74, 6) is 0.521. The van der Waals surface area contributed by atoms with Gasteiger partial charge in [-0.3, -0.25) is 10.1 Å². The number of nitrogens with one attached hydrogen (secondary N) is 1. The monoisotopic (exact) mass is 295 g/mol. The fourth-order valence-electron chi connectivity index (χ4n) is 3.54. The van der Waals surface area contributed by atoms with Gasteiger partial charge in [-0.25, -0.2) is 4.39 Å². The van der Waals surface area contributed by atoms with E-state index in [0.717, 1.165) is 25.7 Å². The van der Waals surface area contributed by atoms with E-state index in [1.807, 2.05) is 4.90 Å². The third kappa shape index (κ3) is 2.21. The minimum absolute atomic E-state index is 0.0961. The SMILES string of the molecule is COc1cc(N2CC3CNCC3C2C)c(F)cc1[N+](=O)[O-]. The van der Waals surface area contributed by atoms with Gasteiger partial charge in [0.25, 0.3) is 0 Å². The van der Waals surface area contributed by atoms with Crippen LogP contribution in [0.25, 0.3) is 0 Å². The van der Waals surface area contributed by atoms with Crippen LogP contribution in [0.15, 0.2) is 12.1 Å². The molecular weight excluding hydrogens is 277 g/mol. The van der Waals surface area contributed by atoms with Gasteiger partial charge in [-0.2, -0.15) is 0 Å². The molecule has 2 heterocycles. The number of rotatable bonds is 3. The maximum absolute atomic E-state index is 14.3. The average Bonchev–Trinajstić information content (AvgIpc) is 3.02. The maximum Gasteiger partial charge on any atom is 0.313 e. The Morgan fingerprint density at radius 3 is 2.86 bits per heavy atom. The summed E-state index contributed by atoms with van der Waals surface area (Å²) in [6.45, 7) is 4.72. The highest BCUT2D eigenvalue weighted by molar-refractivity contribution is 5.61. The Balaban J connectivity index is 1.97. The molecule has 1 aromatic carbocycles. The lowest BCUT2D eigenvalue weighted by molar-refractivity contribution is -0.385. The molecule has 114 valence electrons. The molecule has 3 unspecified atom stereocenters. The van der Waals surface area contributed by atoms with E-state index >= 15 is 0 Å². The third-order valence-electron chi connectivity index (χ3n) is 4.69. The van der Waals surface area contributed by atoms with Gasteiger partial charge in [0.15, 0.2) is 11.6 Å². The first-order valence-electron chi connectivity index (χ1n) is 7.02. The second-order valence-electron chi connectivity index (χ2n) is 5.71. The molecule has 1 N–H and O–H groups in total. The van der Waals surface area contributed by atoms with Crippen LogP contribution in [0.3, 0.4) is 0 Å². The van der Waals surface area contributed by atoms with Crippen molar-refractivity contribution in [2.24, 2.45) is 11.8 Å². The Morgan fingerprint density at radius 1 is 1.48 bits per heavy atom. The molecule has 0 aromatic heterocycles. The lowest BCUT2D eigenvalue weighted by Gasteiger charge is -2.27. The van der Waals surface area contributed by atoms with Crippen LogP contribution < -0.4 is 15.0 Å². The number of hydrogen-bond acceptors (Lipinski definition) is 5. The largest absolute Gasteiger partial charge is 0.490 e. The Morgan fingerprint density at radius 2 is 2.24 bits per heavy atom. The Kier molecular flexibility index (Phi) is 3.44. The zero-order chi connectivity index (χ0) is 15.1. The molecule has 3 atom stereocenters. The third-order valence-corrected chi connectivity index (χ3v) is 4.69. The Bertz CT molecular complexity index is 581. The van der Waals surface area contributed by atoms with Crippen molar-refractivity contribution < 1.29 is 14.1 Å². The first-order chi connectivity index (χ1) is 10.0. The lowest BCUT2D eigenvalue weighted by atomic mass is 9.95. The van der Waals surface area contributed by atoms with Gasteiger partial charge in [0, 0.05) is 31.7 Å². The van der Waals surface area contributed by atoms with Gasteiger partial charge >= 0.3 is 5.69 Å². The molecule has 0 bridgehead atoms. The van der Waals surface area contributed by atoms with Crippen molar-refractivity contribution in [1.82, 2.24) is 5.32 Å². The molecule has 2 aliphatic rings. The topological polar surface area (TPSA) is 67.6 Å². The van der Waals surface area contributed by atoms with Crippen molar-refractivity contribution in [3.05, 3.63) is 28.1 Å². The second kappa shape index (κ2) is 5.14. The molecular formula is C14H18FN3O3. The molecule has 2 aliphatic heterocycles. The predicted molar refractivity (Wildman–Crippen MR) is 76.3 cm³/mol. The molecule has 0 amide bonds. The molecule has 3 rings (SSSR count). The molecule has 0 radical (unpaired) electrons. The Labute approximate surface area is 122 Å². The van der Waals surface area contributed by atoms with Gasteiger partial charge in [0.05, 0.1) is 23.8 Å². The number of anilines is 1. The summed E-state index contributed by atoms with van der Waals surface area (Å²) in [5, 5.41) is 14.3. The number of nitro benzene ring substituents is 1. The van der Waals surface area contributed by atoms with Gasteiger partial charge in [-0.05, 0) is 18.8 Å². The van der Waals surface area contributed by atoms with Gasteiger partial charge < -0.3 is 15.0 Å². The van der Waals surface area contributed by atoms with Crippen LogP contribution in [0.5, 0.6) is 5.75 Å². The quantitative estimate of drug-likeness (QED) is 0.680. The first kappa shape index (κ1) is 14.1. The van der Waals surface area contributed by atoms with Crippen LogP contribution in [-0.4, -0.2) is 37.7 Å². The molecule has 6 nitrogen and oxygen atoms in total. The number of halogens is 1. The Hall–Kier alpha value is -1.89. The number of methoxy groups -OCH3 is 1. The zero-order valence-corrected chi connectivity index (χ0v) is 12.0. The molecule has 2 fully saturated rings. The lowest BCUT2D eigenvalue weighted by Crippen LogP contribution is -2.33. The fraction of sp³-hybridized carbons (Fsp3) is 0.571. The highest BCUT2D eigenvalue weighted by Crippen LogP contribution is 2.40. The van der Waals surface area contributed by atoms with Crippen molar-refractivity contribution in [1.29, 1.82) is 0 Å². The minimum atomic E-state index is -0.627. The van der Waals surface area contributed by atoms with Crippen LogP contribution in [-0.2, 0) is 0 Å². The highest BCUT2D eigenvalue weighted by Gasteiger charge is 2.42. The highest BCUT2D eigenvalue weighted by atomic mass is 19.1. The number of benzene rings is 1. The first-order valence-corrected chi connectivity index (χ1v) is 7.02. The summed E-state index contributed by atoms with van der Waals surface area (Å²) in [6, 6.07) is 2.59. The van der Waals surface area contributed by atoms with Gasteiger partial charge in [-0.15, -0.1) is 0 Å². The molecule has 0 aliphatic carbocycles. The number of hydrogen-bond donors (Lipinski definition) is 1. The molecule has 21 heavy (non-hydrogen) atoms. The molecule has 0 spiro atoms. The van der Waals surface area contributed by atoms with E-state index in [4.69, 9.17) is 4.74 Å². The predicted octanol–water partition coefficient (Wildman–Crippen LogP) is 1.79. The minimum Gasteiger partial charge on any atom is -0.490 e. The molecule has 0 saturated carbocycles. The van der Waals surface area contributed by atoms with E-state index in [2.05, 4.69) is 12.2 Å². The van der Waals surface area contributed by atoms with Crippen LogP contribution in [0.4, 0.5) is 15.8 Å². The van der Waals surface area contributed by atoms with E-state index in [1.165, 1.54) is 13.2 Å². The van der Waals surface area contributed by atoms with Crippen LogP contribution >= 0.6 is 0 Å². The summed E-state index contributed by atoms with van der Waals surface area (Å²) in [5.41, 5.74) is 0.0480. The van der Waals surface area contributed by atoms with Gasteiger partial charge in [0.1, 0.15) is 0 Å². The van der Waals surface area contributed by atoms with Crippen molar-refractivity contribution in [2.75, 3.05) is 31.6 Å². The van der Waals surface area contributed by atoms with Crippen LogP contribution in [0.2, 0.25) is 0 Å². The normalized spacial score (nSPS) is 27.8. The van der Waals surface area contributed by atoms with Crippen LogP contribution in [0, 0.1) is 27.8 Å². The maximum atomic E-state index is 14.3. The number of nitrogens with zero attached hydrogens (tertiary/aromatic N) is 2. The second-order valence-corrected chi connectivity index (χ2v) is 5.71. The molecule has 1 aromatic rings. The summed E-state index contributed by atoms with van der Waals surface area (Å²) < 4.78 is 19.4. The molecule has 7 heteroatoms. The van der Waals surface area contributed by atoms with Crippen molar-refractivity contribution >= 4 is 11.4 Å². The zero-order valence-electron chi connectivity index (χ0n) is 12.0. The summed E-state index contributed by atoms with van der Waals surface area (Å²) in [6.07, 6.45) is 0. The summed E-state index contributed by atoms with van der Waals surface area (Å²) in [7, 11) is 1.36. The van der Waals surface area contributed by atoms with Crippen molar-refractivity contribution in [2.45, 2.75) is 13.0 Å². The standard InChI is InChI=1S/C14H18FN3O3/c1-8-10-6-16-5-9(10)7-17(8)12-4-14(21-2)13(18(19)20)3-11(12)15/h3-4,8-10,16H,5-7H2,1-2H3. The van der Waals surface area contributed by atoms with Gasteiger partial charge in [-0.1, -0.05) is 0 Å². The van der Waals surface area contributed by atoms with Gasteiger partial charge in [0.2, 0.25) is 0 Å². The van der Waals surface area contributed by atoms with E-state index in [9.17, 15) is 14.5 Å². The summed E-state index contributed by atoms with van der Waals surface area (Å²) in [4.78, 5) is 12.3. The summed E-state index contributed by atoms with van der Waals surface area (Å²) >= 11 is 0. The number of fused-ring (bicyclic) bond motifs is 1. The van der Waals surface area contributed by atoms with E-state index in [1.54, 1.807) is 0 Å².